The molecule has 0 spiro atoms. The van der Waals surface area contributed by atoms with Gasteiger partial charge >= 0.3 is 0 Å². The maximum atomic E-state index is 9.90. The molecule has 0 saturated carbocycles. The molecule has 0 aliphatic rings. The largest absolute Gasteiger partial charge is 0.393 e. The first-order valence-electron chi connectivity index (χ1n) is 5.98. The van der Waals surface area contributed by atoms with Crippen LogP contribution in [0.3, 0.4) is 0 Å². The molecule has 0 aliphatic heterocycles. The van der Waals surface area contributed by atoms with Crippen LogP contribution < -0.4 is 0 Å². The fourth-order valence-electron chi connectivity index (χ4n) is 1.51. The highest BCUT2D eigenvalue weighted by molar-refractivity contribution is 7.09. The first-order chi connectivity index (χ1) is 7.82. The molecule has 1 heterocycles. The maximum Gasteiger partial charge on any atom is 0.0954 e. The molecule has 2 atom stereocenters. The molecule has 0 radical (unpaired) electrons. The minimum absolute atomic E-state index is 0.0829. The van der Waals surface area contributed by atoms with E-state index in [9.17, 15) is 5.11 Å². The third-order valence-electron chi connectivity index (χ3n) is 2.74. The smallest absolute Gasteiger partial charge is 0.0954 e. The zero-order valence-electron chi connectivity index (χ0n) is 11.4. The third kappa shape index (κ3) is 4.74. The van der Waals surface area contributed by atoms with Crippen LogP contribution in [0.25, 0.3) is 0 Å². The molecule has 1 aromatic rings. The van der Waals surface area contributed by atoms with Crippen molar-refractivity contribution in [2.24, 2.45) is 0 Å². The van der Waals surface area contributed by atoms with Crippen molar-refractivity contribution < 1.29 is 9.84 Å². The number of aromatic nitrogens is 1. The number of rotatable bonds is 5. The molecule has 0 amide bonds. The van der Waals surface area contributed by atoms with E-state index in [0.29, 0.717) is 12.8 Å². The average molecular weight is 257 g/mol. The lowest BCUT2D eigenvalue weighted by atomic mass is 9.93. The van der Waals surface area contributed by atoms with Crippen molar-refractivity contribution >= 4 is 11.3 Å². The molecule has 4 heteroatoms. The number of ether oxygens (including phenoxy) is 1. The van der Waals surface area contributed by atoms with Crippen molar-refractivity contribution in [3.05, 3.63) is 16.1 Å². The summed E-state index contributed by atoms with van der Waals surface area (Å²) >= 11 is 1.63. The second-order valence-corrected chi connectivity index (χ2v) is 6.46. The summed E-state index contributed by atoms with van der Waals surface area (Å²) in [5.41, 5.74) is 1.18. The van der Waals surface area contributed by atoms with Crippen molar-refractivity contribution in [3.63, 3.8) is 0 Å². The molecule has 17 heavy (non-hydrogen) atoms. The lowest BCUT2D eigenvalue weighted by Crippen LogP contribution is -2.19. The number of hydrogen-bond acceptors (Lipinski definition) is 4. The minimum atomic E-state index is -0.371. The van der Waals surface area contributed by atoms with Gasteiger partial charge in [0.2, 0.25) is 0 Å². The quantitative estimate of drug-likeness (QED) is 0.882. The Hall–Kier alpha value is -0.450. The Kier molecular flexibility index (Phi) is 5.10. The van der Waals surface area contributed by atoms with Gasteiger partial charge < -0.3 is 9.84 Å². The van der Waals surface area contributed by atoms with Crippen LogP contribution in [0.4, 0.5) is 0 Å². The molecule has 0 fully saturated rings. The minimum Gasteiger partial charge on any atom is -0.393 e. The summed E-state index contributed by atoms with van der Waals surface area (Å²) < 4.78 is 5.14. The van der Waals surface area contributed by atoms with Gasteiger partial charge in [0, 0.05) is 24.3 Å². The normalized spacial score (nSPS) is 15.9. The summed E-state index contributed by atoms with van der Waals surface area (Å²) in [6, 6.07) is 0. The molecular weight excluding hydrogens is 234 g/mol. The van der Waals surface area contributed by atoms with E-state index < -0.39 is 0 Å². The molecule has 0 saturated heterocycles. The molecule has 1 rings (SSSR count). The highest BCUT2D eigenvalue weighted by Crippen LogP contribution is 2.24. The fourth-order valence-corrected chi connectivity index (χ4v) is 2.61. The topological polar surface area (TPSA) is 42.4 Å². The van der Waals surface area contributed by atoms with Gasteiger partial charge in [-0.15, -0.1) is 11.3 Å². The average Bonchev–Trinajstić information content (AvgIpc) is 2.65. The third-order valence-corrected chi connectivity index (χ3v) is 3.61. The van der Waals surface area contributed by atoms with Gasteiger partial charge in [-0.2, -0.15) is 0 Å². The second-order valence-electron chi connectivity index (χ2n) is 5.52. The van der Waals surface area contributed by atoms with Crippen LogP contribution in [-0.2, 0) is 16.6 Å². The first kappa shape index (κ1) is 14.6. The Balaban J connectivity index is 2.55. The van der Waals surface area contributed by atoms with Gasteiger partial charge in [-0.1, -0.05) is 20.8 Å². The van der Waals surface area contributed by atoms with Gasteiger partial charge in [0.25, 0.3) is 0 Å². The van der Waals surface area contributed by atoms with Gasteiger partial charge in [-0.3, -0.25) is 0 Å². The van der Waals surface area contributed by atoms with Crippen LogP contribution in [0.1, 0.15) is 44.8 Å². The van der Waals surface area contributed by atoms with Crippen LogP contribution in [0.5, 0.6) is 0 Å². The van der Waals surface area contributed by atoms with Gasteiger partial charge in [0.15, 0.2) is 0 Å². The lowest BCUT2D eigenvalue weighted by molar-refractivity contribution is 0.0565. The summed E-state index contributed by atoms with van der Waals surface area (Å²) in [5, 5.41) is 13.0. The van der Waals surface area contributed by atoms with E-state index >= 15 is 0 Å². The number of methoxy groups -OCH3 is 1. The van der Waals surface area contributed by atoms with Crippen LogP contribution in [0, 0.1) is 0 Å². The molecule has 0 aliphatic carbocycles. The fraction of sp³-hybridized carbons (Fsp3) is 0.769. The summed E-state index contributed by atoms with van der Waals surface area (Å²) in [6.07, 6.45) is 0.992. The van der Waals surface area contributed by atoms with E-state index in [0.717, 1.165) is 10.7 Å². The van der Waals surface area contributed by atoms with Crippen LogP contribution >= 0.6 is 11.3 Å². The summed E-state index contributed by atoms with van der Waals surface area (Å²) in [5.74, 6) is 0. The van der Waals surface area contributed by atoms with Crippen molar-refractivity contribution in [2.45, 2.75) is 58.2 Å². The summed E-state index contributed by atoms with van der Waals surface area (Å²) in [6.45, 7) is 8.41. The molecular formula is C13H23NO2S. The Morgan fingerprint density at radius 3 is 2.59 bits per heavy atom. The number of thiazole rings is 1. The van der Waals surface area contributed by atoms with Crippen molar-refractivity contribution in [2.75, 3.05) is 7.11 Å². The second kappa shape index (κ2) is 5.94. The molecule has 1 aromatic heterocycles. The van der Waals surface area contributed by atoms with Gasteiger partial charge in [0.1, 0.15) is 0 Å². The van der Waals surface area contributed by atoms with Crippen LogP contribution in [0.15, 0.2) is 5.38 Å². The predicted molar refractivity (Wildman–Crippen MR) is 71.6 cm³/mol. The maximum absolute atomic E-state index is 9.90. The standard InChI is InChI=1S/C13H23NO2S/c1-9(16-5)6-10(15)7-12-14-11(8-17-12)13(2,3)4/h8-10,15H,6-7H2,1-5H3. The zero-order chi connectivity index (χ0) is 13.1. The molecule has 2 unspecified atom stereocenters. The van der Waals surface area contributed by atoms with Crippen molar-refractivity contribution in [1.29, 1.82) is 0 Å². The first-order valence-corrected chi connectivity index (χ1v) is 6.86. The SMILES string of the molecule is COC(C)CC(O)Cc1nc(C(C)(C)C)cs1. The van der Waals surface area contributed by atoms with E-state index in [2.05, 4.69) is 31.1 Å². The highest BCUT2D eigenvalue weighted by atomic mass is 32.1. The number of hydrogen-bond donors (Lipinski definition) is 1. The Morgan fingerprint density at radius 2 is 2.12 bits per heavy atom. The molecule has 98 valence electrons. The molecule has 1 N–H and O–H groups in total. The number of nitrogens with zero attached hydrogens (tertiary/aromatic N) is 1. The van der Waals surface area contributed by atoms with Crippen LogP contribution in [-0.4, -0.2) is 29.4 Å². The molecule has 0 bridgehead atoms. The van der Waals surface area contributed by atoms with E-state index in [4.69, 9.17) is 4.74 Å². The van der Waals surface area contributed by atoms with E-state index in [1.54, 1.807) is 18.4 Å². The Bertz CT molecular complexity index is 343. The Morgan fingerprint density at radius 1 is 1.47 bits per heavy atom. The van der Waals surface area contributed by atoms with Crippen molar-refractivity contribution in [3.8, 4) is 0 Å². The van der Waals surface area contributed by atoms with E-state index in [-0.39, 0.29) is 17.6 Å². The number of aliphatic hydroxyl groups excluding tert-OH is 1. The number of aliphatic hydroxyl groups is 1. The van der Waals surface area contributed by atoms with Crippen molar-refractivity contribution in [1.82, 2.24) is 4.98 Å². The Labute approximate surface area is 108 Å². The lowest BCUT2D eigenvalue weighted by Gasteiger charge is -2.15. The van der Waals surface area contributed by atoms with E-state index in [1.807, 2.05) is 6.92 Å². The predicted octanol–water partition coefficient (Wildman–Crippen LogP) is 2.77. The van der Waals surface area contributed by atoms with Gasteiger partial charge in [-0.25, -0.2) is 4.98 Å². The van der Waals surface area contributed by atoms with E-state index in [1.165, 1.54) is 0 Å². The van der Waals surface area contributed by atoms with Gasteiger partial charge in [0.05, 0.1) is 22.9 Å². The monoisotopic (exact) mass is 257 g/mol. The van der Waals surface area contributed by atoms with Crippen LogP contribution in [0.2, 0.25) is 0 Å². The zero-order valence-corrected chi connectivity index (χ0v) is 12.2. The highest BCUT2D eigenvalue weighted by Gasteiger charge is 2.19. The summed E-state index contributed by atoms with van der Waals surface area (Å²) in [4.78, 5) is 4.57. The molecule has 0 aromatic carbocycles. The summed E-state index contributed by atoms with van der Waals surface area (Å²) in [7, 11) is 1.67. The van der Waals surface area contributed by atoms with Gasteiger partial charge in [-0.05, 0) is 13.3 Å². The molecule has 3 nitrogen and oxygen atoms in total.